The molecule has 0 unspecified atom stereocenters. The van der Waals surface area contributed by atoms with Crippen LogP contribution in [0, 0.1) is 10.8 Å². The van der Waals surface area contributed by atoms with Crippen LogP contribution in [0.25, 0.3) is 0 Å². The molecule has 2 aliphatic carbocycles. The zero-order valence-corrected chi connectivity index (χ0v) is 11.9. The summed E-state index contributed by atoms with van der Waals surface area (Å²) < 4.78 is 5.62. The van der Waals surface area contributed by atoms with Crippen LogP contribution in [-0.4, -0.2) is 45.3 Å². The highest BCUT2D eigenvalue weighted by Gasteiger charge is 2.74. The first-order chi connectivity index (χ1) is 8.66. The normalized spacial score (nSPS) is 60.7. The maximum absolute atomic E-state index is 10.2. The molecule has 1 saturated heterocycles. The van der Waals surface area contributed by atoms with E-state index in [1.54, 1.807) is 0 Å². The molecule has 1 spiro atoms. The summed E-state index contributed by atoms with van der Waals surface area (Å²) in [4.78, 5) is 0. The third kappa shape index (κ3) is 1.60. The number of aliphatic hydroxyl groups is 3. The molecule has 0 amide bonds. The largest absolute Gasteiger partial charge is 0.390 e. The van der Waals surface area contributed by atoms with E-state index in [4.69, 9.17) is 4.74 Å². The fraction of sp³-hybridized carbons (Fsp3) is 0.867. The summed E-state index contributed by atoms with van der Waals surface area (Å²) in [7, 11) is 0. The molecular formula is C15H24O4. The molecule has 19 heavy (non-hydrogen) atoms. The van der Waals surface area contributed by atoms with Crippen LogP contribution >= 0.6 is 0 Å². The molecule has 0 radical (unpaired) electrons. The third-order valence-corrected chi connectivity index (χ3v) is 6.07. The van der Waals surface area contributed by atoms with Gasteiger partial charge in [0.15, 0.2) is 0 Å². The Bertz CT molecular complexity index is 426. The SMILES string of the molecule is C[C@]1([C@]2(C)C=C[C@](C)(O)CC2)C[C@@H](O)[C@@H](O)[C@]12CO2. The summed E-state index contributed by atoms with van der Waals surface area (Å²) in [6.07, 6.45) is 4.46. The van der Waals surface area contributed by atoms with Crippen molar-refractivity contribution in [2.75, 3.05) is 6.61 Å². The van der Waals surface area contributed by atoms with Crippen LogP contribution in [0.5, 0.6) is 0 Å². The summed E-state index contributed by atoms with van der Waals surface area (Å²) in [6, 6.07) is 0. The van der Waals surface area contributed by atoms with Gasteiger partial charge in [0.2, 0.25) is 0 Å². The van der Waals surface area contributed by atoms with E-state index in [1.165, 1.54) is 0 Å². The van der Waals surface area contributed by atoms with Gasteiger partial charge in [-0.05, 0) is 31.6 Å². The lowest BCUT2D eigenvalue weighted by Gasteiger charge is -2.48. The van der Waals surface area contributed by atoms with Crippen LogP contribution < -0.4 is 0 Å². The molecule has 4 heteroatoms. The van der Waals surface area contributed by atoms with Crippen LogP contribution in [-0.2, 0) is 4.74 Å². The van der Waals surface area contributed by atoms with E-state index in [0.717, 1.165) is 6.42 Å². The van der Waals surface area contributed by atoms with Gasteiger partial charge in [-0.25, -0.2) is 0 Å². The second-order valence-electron chi connectivity index (χ2n) is 7.33. The van der Waals surface area contributed by atoms with E-state index >= 15 is 0 Å². The molecule has 0 aromatic carbocycles. The van der Waals surface area contributed by atoms with Gasteiger partial charge in [0.25, 0.3) is 0 Å². The number of ether oxygens (including phenoxy) is 1. The Labute approximate surface area is 114 Å². The van der Waals surface area contributed by atoms with E-state index in [2.05, 4.69) is 19.9 Å². The quantitative estimate of drug-likeness (QED) is 0.490. The molecule has 4 nitrogen and oxygen atoms in total. The maximum Gasteiger partial charge on any atom is 0.126 e. The van der Waals surface area contributed by atoms with Gasteiger partial charge in [-0.15, -0.1) is 0 Å². The summed E-state index contributed by atoms with van der Waals surface area (Å²) >= 11 is 0. The van der Waals surface area contributed by atoms with Crippen molar-refractivity contribution in [2.45, 2.75) is 63.4 Å². The smallest absolute Gasteiger partial charge is 0.126 e. The van der Waals surface area contributed by atoms with E-state index < -0.39 is 23.4 Å². The van der Waals surface area contributed by atoms with E-state index in [9.17, 15) is 15.3 Å². The lowest BCUT2D eigenvalue weighted by Crippen LogP contribution is -2.50. The molecule has 3 aliphatic rings. The average molecular weight is 268 g/mol. The van der Waals surface area contributed by atoms with Gasteiger partial charge in [0.05, 0.1) is 18.3 Å². The number of epoxide rings is 1. The van der Waals surface area contributed by atoms with Crippen LogP contribution in [0.4, 0.5) is 0 Å². The van der Waals surface area contributed by atoms with Crippen molar-refractivity contribution in [3.63, 3.8) is 0 Å². The van der Waals surface area contributed by atoms with Gasteiger partial charge in [0.1, 0.15) is 11.7 Å². The Morgan fingerprint density at radius 1 is 1.11 bits per heavy atom. The van der Waals surface area contributed by atoms with Crippen molar-refractivity contribution in [1.29, 1.82) is 0 Å². The number of hydrogen-bond acceptors (Lipinski definition) is 4. The zero-order chi connectivity index (χ0) is 14.1. The maximum atomic E-state index is 10.2. The highest BCUT2D eigenvalue weighted by molar-refractivity contribution is 5.27. The number of hydrogen-bond donors (Lipinski definition) is 3. The van der Waals surface area contributed by atoms with Crippen molar-refractivity contribution in [1.82, 2.24) is 0 Å². The Kier molecular flexibility index (Phi) is 2.58. The van der Waals surface area contributed by atoms with E-state index in [-0.39, 0.29) is 10.8 Å². The number of aliphatic hydroxyl groups excluding tert-OH is 2. The van der Waals surface area contributed by atoms with Crippen molar-refractivity contribution in [3.05, 3.63) is 12.2 Å². The fourth-order valence-electron chi connectivity index (χ4n) is 4.13. The average Bonchev–Trinajstić information content (AvgIpc) is 3.10. The van der Waals surface area contributed by atoms with E-state index in [1.807, 2.05) is 13.0 Å². The molecule has 3 rings (SSSR count). The van der Waals surface area contributed by atoms with Gasteiger partial charge in [-0.2, -0.15) is 0 Å². The predicted molar refractivity (Wildman–Crippen MR) is 70.5 cm³/mol. The molecule has 0 aromatic rings. The van der Waals surface area contributed by atoms with Crippen molar-refractivity contribution in [2.24, 2.45) is 10.8 Å². The number of rotatable bonds is 1. The summed E-state index contributed by atoms with van der Waals surface area (Å²) in [5.41, 5.74) is -1.83. The van der Waals surface area contributed by atoms with Crippen LogP contribution in [0.2, 0.25) is 0 Å². The standard InChI is InChI=1S/C15H24O4/c1-12(4-6-13(2,18)7-5-12)14(3)8-10(16)11(17)15(14)9-19-15/h4,6,10-11,16-18H,5,7-9H2,1-3H3/t10-,11-,12-,13+,14-,15-/m1/s1. The minimum atomic E-state index is -0.801. The molecule has 1 aliphatic heterocycles. The molecule has 0 bridgehead atoms. The Morgan fingerprint density at radius 2 is 1.74 bits per heavy atom. The van der Waals surface area contributed by atoms with Gasteiger partial charge >= 0.3 is 0 Å². The van der Waals surface area contributed by atoms with Gasteiger partial charge < -0.3 is 20.1 Å². The molecule has 6 atom stereocenters. The van der Waals surface area contributed by atoms with Crippen molar-refractivity contribution < 1.29 is 20.1 Å². The summed E-state index contributed by atoms with van der Waals surface area (Å²) in [5, 5.41) is 30.3. The fourth-order valence-corrected chi connectivity index (χ4v) is 4.13. The van der Waals surface area contributed by atoms with Crippen LogP contribution in [0.1, 0.15) is 40.0 Å². The van der Waals surface area contributed by atoms with Crippen LogP contribution in [0.15, 0.2) is 12.2 Å². The van der Waals surface area contributed by atoms with E-state index in [0.29, 0.717) is 19.4 Å². The van der Waals surface area contributed by atoms with Gasteiger partial charge in [-0.1, -0.05) is 26.0 Å². The Morgan fingerprint density at radius 3 is 2.21 bits per heavy atom. The Hall–Kier alpha value is -0.420. The molecule has 1 saturated carbocycles. The second-order valence-corrected chi connectivity index (χ2v) is 7.33. The Balaban J connectivity index is 1.98. The molecule has 3 N–H and O–H groups in total. The predicted octanol–water partition coefficient (Wildman–Crippen LogP) is 0.994. The lowest BCUT2D eigenvalue weighted by molar-refractivity contribution is -0.0359. The van der Waals surface area contributed by atoms with Gasteiger partial charge in [0, 0.05) is 5.41 Å². The molecule has 108 valence electrons. The first-order valence-corrected chi connectivity index (χ1v) is 7.09. The monoisotopic (exact) mass is 268 g/mol. The molecular weight excluding hydrogens is 244 g/mol. The minimum Gasteiger partial charge on any atom is -0.390 e. The van der Waals surface area contributed by atoms with Gasteiger partial charge in [-0.3, -0.25) is 0 Å². The molecule has 2 fully saturated rings. The molecule has 0 aromatic heterocycles. The summed E-state index contributed by atoms with van der Waals surface area (Å²) in [5.74, 6) is 0. The van der Waals surface area contributed by atoms with Crippen LogP contribution in [0.3, 0.4) is 0 Å². The summed E-state index contributed by atoms with van der Waals surface area (Å²) in [6.45, 7) is 6.57. The minimum absolute atomic E-state index is 0.176. The second kappa shape index (κ2) is 3.61. The third-order valence-electron chi connectivity index (χ3n) is 6.07. The highest BCUT2D eigenvalue weighted by Crippen LogP contribution is 2.66. The highest BCUT2D eigenvalue weighted by atomic mass is 16.6. The molecule has 1 heterocycles. The lowest BCUT2D eigenvalue weighted by atomic mass is 9.55. The van der Waals surface area contributed by atoms with Crippen molar-refractivity contribution >= 4 is 0 Å². The first-order valence-electron chi connectivity index (χ1n) is 7.09. The zero-order valence-electron chi connectivity index (χ0n) is 11.9. The topological polar surface area (TPSA) is 73.2 Å². The first kappa shape index (κ1) is 13.6. The van der Waals surface area contributed by atoms with Crippen molar-refractivity contribution in [3.8, 4) is 0 Å². The number of allylic oxidation sites excluding steroid dienone is 1.